The van der Waals surface area contributed by atoms with Gasteiger partial charge >= 0.3 is 12.1 Å². The van der Waals surface area contributed by atoms with Crippen LogP contribution in [0.1, 0.15) is 59.4 Å². The Labute approximate surface area is 184 Å². The molecule has 0 bridgehead atoms. The molecule has 0 amide bonds. The van der Waals surface area contributed by atoms with Gasteiger partial charge in [-0.3, -0.25) is 9.69 Å². The molecule has 0 radical (unpaired) electrons. The van der Waals surface area contributed by atoms with Crippen LogP contribution in [0.25, 0.3) is 12.2 Å². The molecule has 2 aromatic rings. The number of rotatable bonds is 6. The lowest BCUT2D eigenvalue weighted by Gasteiger charge is -2.36. The molecule has 1 heterocycles. The second-order valence-electron chi connectivity index (χ2n) is 8.74. The van der Waals surface area contributed by atoms with Gasteiger partial charge in [-0.15, -0.1) is 0 Å². The first-order chi connectivity index (χ1) is 15.2. The standard InChI is InChI=1S/C25H25F4NO2/c26-23-12-17(7-9-19(23)13-30-14-20(15-30)24(31)32)6-5-16-8-10-21(18-3-1-2-4-18)22(11-16)25(27,28)29/h5-12,18,20H,1-4,13-15H2,(H,31,32)/b6-5+. The van der Waals surface area contributed by atoms with Crippen molar-refractivity contribution in [3.8, 4) is 0 Å². The van der Waals surface area contributed by atoms with Gasteiger partial charge in [-0.1, -0.05) is 49.3 Å². The molecule has 2 aromatic carbocycles. The van der Waals surface area contributed by atoms with Crippen LogP contribution in [0.5, 0.6) is 0 Å². The highest BCUT2D eigenvalue weighted by molar-refractivity contribution is 5.72. The van der Waals surface area contributed by atoms with E-state index in [0.717, 1.165) is 25.7 Å². The van der Waals surface area contributed by atoms with E-state index in [1.54, 1.807) is 36.4 Å². The molecule has 0 aromatic heterocycles. The van der Waals surface area contributed by atoms with Crippen molar-refractivity contribution in [3.05, 3.63) is 70.0 Å². The predicted octanol–water partition coefficient (Wildman–Crippen LogP) is 6.19. The van der Waals surface area contributed by atoms with E-state index >= 15 is 0 Å². The Hall–Kier alpha value is -2.67. The van der Waals surface area contributed by atoms with E-state index in [0.29, 0.717) is 41.9 Å². The van der Waals surface area contributed by atoms with Gasteiger partial charge in [0, 0.05) is 25.2 Å². The Bertz CT molecular complexity index is 1020. The molecule has 0 atom stereocenters. The van der Waals surface area contributed by atoms with Gasteiger partial charge in [0.05, 0.1) is 11.5 Å². The zero-order valence-electron chi connectivity index (χ0n) is 17.5. The zero-order valence-corrected chi connectivity index (χ0v) is 17.5. The first-order valence-electron chi connectivity index (χ1n) is 10.8. The highest BCUT2D eigenvalue weighted by Crippen LogP contribution is 2.42. The first kappa shape index (κ1) is 22.5. The molecule has 1 saturated heterocycles. The van der Waals surface area contributed by atoms with Crippen LogP contribution in [0.15, 0.2) is 36.4 Å². The number of alkyl halides is 3. The summed E-state index contributed by atoms with van der Waals surface area (Å²) in [5, 5.41) is 8.92. The summed E-state index contributed by atoms with van der Waals surface area (Å²) >= 11 is 0. The van der Waals surface area contributed by atoms with Crippen LogP contribution in [-0.2, 0) is 17.5 Å². The van der Waals surface area contributed by atoms with Crippen molar-refractivity contribution in [2.24, 2.45) is 5.92 Å². The minimum Gasteiger partial charge on any atom is -0.481 e. The molecule has 2 aliphatic rings. The average Bonchev–Trinajstić information content (AvgIpc) is 3.23. The largest absolute Gasteiger partial charge is 0.481 e. The zero-order chi connectivity index (χ0) is 22.9. The average molecular weight is 447 g/mol. The number of halogens is 4. The number of benzene rings is 2. The Morgan fingerprint density at radius 1 is 1.03 bits per heavy atom. The molecule has 32 heavy (non-hydrogen) atoms. The highest BCUT2D eigenvalue weighted by Gasteiger charge is 2.36. The fourth-order valence-corrected chi connectivity index (χ4v) is 4.60. The number of hydrogen-bond acceptors (Lipinski definition) is 2. The van der Waals surface area contributed by atoms with E-state index in [1.807, 2.05) is 4.90 Å². The molecule has 1 aliphatic carbocycles. The van der Waals surface area contributed by atoms with Gasteiger partial charge in [0.1, 0.15) is 5.82 Å². The molecule has 1 saturated carbocycles. The summed E-state index contributed by atoms with van der Waals surface area (Å²) in [5.74, 6) is -1.70. The van der Waals surface area contributed by atoms with Crippen molar-refractivity contribution in [2.75, 3.05) is 13.1 Å². The Kier molecular flexibility index (Phi) is 6.38. The number of carboxylic acids is 1. The maximum Gasteiger partial charge on any atom is 0.416 e. The van der Waals surface area contributed by atoms with Crippen molar-refractivity contribution in [3.63, 3.8) is 0 Å². The number of carbonyl (C=O) groups is 1. The monoisotopic (exact) mass is 447 g/mol. The SMILES string of the molecule is O=C(O)C1CN(Cc2ccc(/C=C/c3ccc(C4CCCC4)c(C(F)(F)F)c3)cc2F)C1. The number of aliphatic carboxylic acids is 1. The van der Waals surface area contributed by atoms with E-state index in [9.17, 15) is 22.4 Å². The molecule has 0 spiro atoms. The minimum atomic E-state index is -4.41. The van der Waals surface area contributed by atoms with E-state index in [2.05, 4.69) is 0 Å². The summed E-state index contributed by atoms with van der Waals surface area (Å²) in [4.78, 5) is 12.7. The highest BCUT2D eigenvalue weighted by atomic mass is 19.4. The van der Waals surface area contributed by atoms with E-state index in [4.69, 9.17) is 5.11 Å². The summed E-state index contributed by atoms with van der Waals surface area (Å²) < 4.78 is 55.4. The van der Waals surface area contributed by atoms with Gasteiger partial charge in [-0.25, -0.2) is 4.39 Å². The maximum absolute atomic E-state index is 14.5. The van der Waals surface area contributed by atoms with Gasteiger partial charge in [0.15, 0.2) is 0 Å². The topological polar surface area (TPSA) is 40.5 Å². The van der Waals surface area contributed by atoms with Crippen LogP contribution in [0.4, 0.5) is 17.6 Å². The van der Waals surface area contributed by atoms with Crippen LogP contribution in [0.3, 0.4) is 0 Å². The van der Waals surface area contributed by atoms with Crippen LogP contribution < -0.4 is 0 Å². The second-order valence-corrected chi connectivity index (χ2v) is 8.74. The summed E-state index contributed by atoms with van der Waals surface area (Å²) in [6.45, 7) is 1.13. The molecule has 1 N–H and O–H groups in total. The molecular weight excluding hydrogens is 422 g/mol. The molecule has 4 rings (SSSR count). The third kappa shape index (κ3) is 5.04. The summed E-state index contributed by atoms with van der Waals surface area (Å²) in [5.41, 5.74) is 1.22. The lowest BCUT2D eigenvalue weighted by atomic mass is 9.91. The summed E-state index contributed by atoms with van der Waals surface area (Å²) in [6, 6.07) is 9.14. The smallest absolute Gasteiger partial charge is 0.416 e. The van der Waals surface area contributed by atoms with E-state index < -0.39 is 29.4 Å². The third-order valence-corrected chi connectivity index (χ3v) is 6.42. The van der Waals surface area contributed by atoms with Crippen LogP contribution in [0, 0.1) is 11.7 Å². The molecular formula is C25H25F4NO2. The lowest BCUT2D eigenvalue weighted by molar-refractivity contribution is -0.147. The van der Waals surface area contributed by atoms with Gasteiger partial charge < -0.3 is 5.11 Å². The van der Waals surface area contributed by atoms with Gasteiger partial charge in [0.2, 0.25) is 0 Å². The van der Waals surface area contributed by atoms with Gasteiger partial charge in [-0.2, -0.15) is 13.2 Å². The Morgan fingerprint density at radius 2 is 1.66 bits per heavy atom. The maximum atomic E-state index is 14.5. The van der Waals surface area contributed by atoms with Gasteiger partial charge in [-0.05, 0) is 47.6 Å². The fourth-order valence-electron chi connectivity index (χ4n) is 4.60. The predicted molar refractivity (Wildman–Crippen MR) is 114 cm³/mol. The van der Waals surface area contributed by atoms with Crippen molar-refractivity contribution >= 4 is 18.1 Å². The number of nitrogens with zero attached hydrogens (tertiary/aromatic N) is 1. The number of carboxylic acid groups (broad SMARTS) is 1. The second kappa shape index (κ2) is 9.06. The fraction of sp³-hybridized carbons (Fsp3) is 0.400. The molecule has 2 fully saturated rings. The van der Waals surface area contributed by atoms with Crippen LogP contribution in [0.2, 0.25) is 0 Å². The molecule has 170 valence electrons. The van der Waals surface area contributed by atoms with Crippen molar-refractivity contribution in [1.29, 1.82) is 0 Å². The summed E-state index contributed by atoms with van der Waals surface area (Å²) in [7, 11) is 0. The number of hydrogen-bond donors (Lipinski definition) is 1. The normalized spacial score (nSPS) is 18.4. The number of likely N-dealkylation sites (tertiary alicyclic amines) is 1. The van der Waals surface area contributed by atoms with Gasteiger partial charge in [0.25, 0.3) is 0 Å². The third-order valence-electron chi connectivity index (χ3n) is 6.42. The van der Waals surface area contributed by atoms with Crippen molar-refractivity contribution in [2.45, 2.75) is 44.3 Å². The molecule has 0 unspecified atom stereocenters. The van der Waals surface area contributed by atoms with Crippen molar-refractivity contribution in [1.82, 2.24) is 4.90 Å². The van der Waals surface area contributed by atoms with E-state index in [1.165, 1.54) is 12.1 Å². The Morgan fingerprint density at radius 3 is 2.25 bits per heavy atom. The summed E-state index contributed by atoms with van der Waals surface area (Å²) in [6.07, 6.45) is 2.26. The minimum absolute atomic E-state index is 0.0384. The van der Waals surface area contributed by atoms with E-state index in [-0.39, 0.29) is 5.92 Å². The van der Waals surface area contributed by atoms with Crippen LogP contribution >= 0.6 is 0 Å². The lowest BCUT2D eigenvalue weighted by Crippen LogP contribution is -2.49. The van der Waals surface area contributed by atoms with Crippen molar-refractivity contribution < 1.29 is 27.5 Å². The quantitative estimate of drug-likeness (QED) is 0.424. The molecule has 1 aliphatic heterocycles. The van der Waals surface area contributed by atoms with Crippen LogP contribution in [-0.4, -0.2) is 29.1 Å². The molecule has 3 nitrogen and oxygen atoms in total. The molecule has 7 heteroatoms. The first-order valence-corrected chi connectivity index (χ1v) is 10.8. The Balaban J connectivity index is 1.47.